The van der Waals surface area contributed by atoms with E-state index in [1.165, 1.54) is 6.20 Å². The van der Waals surface area contributed by atoms with Crippen molar-refractivity contribution >= 4 is 16.0 Å². The van der Waals surface area contributed by atoms with Gasteiger partial charge in [-0.25, -0.2) is 17.9 Å². The van der Waals surface area contributed by atoms with Crippen molar-refractivity contribution in [3.63, 3.8) is 0 Å². The van der Waals surface area contributed by atoms with Crippen molar-refractivity contribution in [3.05, 3.63) is 48.0 Å². The minimum Gasteiger partial charge on any atom is -0.475 e. The number of rotatable bonds is 5. The number of hydrogen-bond donors (Lipinski definition) is 2. The Morgan fingerprint density at radius 2 is 2.15 bits per heavy atom. The standard InChI is InChI=1S/C12H12N2O5S/c1-8(9-3-2-6-13-7-9)14-20(17,18)11-5-4-10(19-11)12(15)16/h2-8,14H,1H3,(H,15,16). The molecule has 0 aliphatic heterocycles. The van der Waals surface area contributed by atoms with Crippen LogP contribution in [0.15, 0.2) is 46.2 Å². The minimum absolute atomic E-state index is 0.431. The number of pyridine rings is 1. The molecule has 0 aliphatic rings. The van der Waals surface area contributed by atoms with Gasteiger partial charge >= 0.3 is 5.97 Å². The molecule has 0 spiro atoms. The van der Waals surface area contributed by atoms with Crippen molar-refractivity contribution in [2.24, 2.45) is 0 Å². The number of sulfonamides is 1. The van der Waals surface area contributed by atoms with Gasteiger partial charge in [-0.3, -0.25) is 4.98 Å². The molecule has 20 heavy (non-hydrogen) atoms. The van der Waals surface area contributed by atoms with Gasteiger partial charge in [0.05, 0.1) is 0 Å². The van der Waals surface area contributed by atoms with Crippen molar-refractivity contribution in [3.8, 4) is 0 Å². The maximum Gasteiger partial charge on any atom is 0.371 e. The van der Waals surface area contributed by atoms with Crippen molar-refractivity contribution in [1.82, 2.24) is 9.71 Å². The van der Waals surface area contributed by atoms with Gasteiger partial charge in [-0.05, 0) is 30.7 Å². The van der Waals surface area contributed by atoms with Gasteiger partial charge in [0.1, 0.15) is 0 Å². The summed E-state index contributed by atoms with van der Waals surface area (Å²) in [6, 6.07) is 5.08. The number of nitrogens with zero attached hydrogens (tertiary/aromatic N) is 1. The van der Waals surface area contributed by atoms with Gasteiger partial charge in [0.2, 0.25) is 10.9 Å². The summed E-state index contributed by atoms with van der Waals surface area (Å²) in [4.78, 5) is 14.6. The number of nitrogens with one attached hydrogen (secondary N) is 1. The average Bonchev–Trinajstić information content (AvgIpc) is 2.90. The smallest absolute Gasteiger partial charge is 0.371 e. The van der Waals surface area contributed by atoms with E-state index in [-0.39, 0.29) is 0 Å². The van der Waals surface area contributed by atoms with Crippen LogP contribution in [0.1, 0.15) is 29.1 Å². The Balaban J connectivity index is 2.20. The summed E-state index contributed by atoms with van der Waals surface area (Å²) in [6.45, 7) is 1.65. The summed E-state index contributed by atoms with van der Waals surface area (Å²) in [5, 5.41) is 8.27. The Morgan fingerprint density at radius 1 is 1.40 bits per heavy atom. The van der Waals surface area contributed by atoms with Crippen LogP contribution in [0.3, 0.4) is 0 Å². The highest BCUT2D eigenvalue weighted by molar-refractivity contribution is 7.89. The van der Waals surface area contributed by atoms with E-state index in [2.05, 4.69) is 9.71 Å². The van der Waals surface area contributed by atoms with Gasteiger partial charge in [0.15, 0.2) is 0 Å². The maximum absolute atomic E-state index is 12.0. The summed E-state index contributed by atoms with van der Waals surface area (Å²) in [5.74, 6) is -1.76. The van der Waals surface area contributed by atoms with Crippen LogP contribution in [-0.2, 0) is 10.0 Å². The third-order valence-electron chi connectivity index (χ3n) is 2.57. The van der Waals surface area contributed by atoms with Crippen LogP contribution in [0.25, 0.3) is 0 Å². The molecule has 2 aromatic heterocycles. The molecule has 1 atom stereocenters. The normalized spacial score (nSPS) is 13.1. The zero-order valence-electron chi connectivity index (χ0n) is 10.5. The van der Waals surface area contributed by atoms with Crippen LogP contribution in [0, 0.1) is 0 Å². The van der Waals surface area contributed by atoms with E-state index in [1.54, 1.807) is 25.3 Å². The summed E-state index contributed by atoms with van der Waals surface area (Å²) >= 11 is 0. The van der Waals surface area contributed by atoms with Gasteiger partial charge in [-0.1, -0.05) is 6.07 Å². The van der Waals surface area contributed by atoms with Crippen molar-refractivity contribution in [2.45, 2.75) is 18.1 Å². The number of aromatic nitrogens is 1. The summed E-state index contributed by atoms with van der Waals surface area (Å²) in [7, 11) is -3.93. The highest BCUT2D eigenvalue weighted by atomic mass is 32.2. The zero-order valence-corrected chi connectivity index (χ0v) is 11.3. The first-order valence-electron chi connectivity index (χ1n) is 5.65. The van der Waals surface area contributed by atoms with E-state index in [0.717, 1.165) is 12.1 Å². The minimum atomic E-state index is -3.93. The molecular weight excluding hydrogens is 284 g/mol. The fourth-order valence-corrected chi connectivity index (χ4v) is 2.73. The fourth-order valence-electron chi connectivity index (χ4n) is 1.57. The van der Waals surface area contributed by atoms with E-state index in [0.29, 0.717) is 5.56 Å². The van der Waals surface area contributed by atoms with E-state index in [1.807, 2.05) is 0 Å². The largest absolute Gasteiger partial charge is 0.475 e. The Kier molecular flexibility index (Phi) is 3.86. The van der Waals surface area contributed by atoms with Crippen molar-refractivity contribution in [2.75, 3.05) is 0 Å². The Bertz CT molecular complexity index is 708. The number of furan rings is 1. The number of aromatic carboxylic acids is 1. The van der Waals surface area contributed by atoms with Crippen molar-refractivity contribution in [1.29, 1.82) is 0 Å². The molecule has 0 aliphatic carbocycles. The molecule has 0 amide bonds. The lowest BCUT2D eigenvalue weighted by molar-refractivity contribution is 0.0656. The van der Waals surface area contributed by atoms with Gasteiger partial charge in [-0.2, -0.15) is 0 Å². The van der Waals surface area contributed by atoms with E-state index in [4.69, 9.17) is 9.52 Å². The molecule has 1 unspecified atom stereocenters. The molecule has 0 fully saturated rings. The van der Waals surface area contributed by atoms with Crippen LogP contribution in [-0.4, -0.2) is 24.5 Å². The molecule has 2 rings (SSSR count). The van der Waals surface area contributed by atoms with Crippen LogP contribution in [0.4, 0.5) is 0 Å². The molecule has 0 bridgehead atoms. The molecule has 2 heterocycles. The lowest BCUT2D eigenvalue weighted by Crippen LogP contribution is -2.26. The molecule has 0 radical (unpaired) electrons. The second-order valence-electron chi connectivity index (χ2n) is 4.05. The van der Waals surface area contributed by atoms with Crippen LogP contribution < -0.4 is 4.72 Å². The van der Waals surface area contributed by atoms with Gasteiger partial charge in [0, 0.05) is 18.4 Å². The number of carboxylic acids is 1. The SMILES string of the molecule is CC(NS(=O)(=O)c1ccc(C(=O)O)o1)c1cccnc1. The Morgan fingerprint density at radius 3 is 2.70 bits per heavy atom. The molecule has 106 valence electrons. The first-order chi connectivity index (χ1) is 9.40. The van der Waals surface area contributed by atoms with Gasteiger partial charge in [-0.15, -0.1) is 0 Å². The number of carbonyl (C=O) groups is 1. The molecule has 7 nitrogen and oxygen atoms in total. The monoisotopic (exact) mass is 296 g/mol. The van der Waals surface area contributed by atoms with Crippen LogP contribution in [0.2, 0.25) is 0 Å². The van der Waals surface area contributed by atoms with E-state index < -0.39 is 32.9 Å². The zero-order chi connectivity index (χ0) is 14.8. The third kappa shape index (κ3) is 3.03. The first kappa shape index (κ1) is 14.2. The quantitative estimate of drug-likeness (QED) is 0.863. The molecule has 2 N–H and O–H groups in total. The summed E-state index contributed by atoms with van der Waals surface area (Å²) < 4.78 is 31.2. The highest BCUT2D eigenvalue weighted by Gasteiger charge is 2.23. The second-order valence-corrected chi connectivity index (χ2v) is 5.70. The predicted octanol–water partition coefficient (Wildman–Crippen LogP) is 1.41. The molecule has 0 aromatic carbocycles. The van der Waals surface area contributed by atoms with E-state index >= 15 is 0 Å². The predicted molar refractivity (Wildman–Crippen MR) is 68.6 cm³/mol. The topological polar surface area (TPSA) is 110 Å². The fraction of sp³-hybridized carbons (Fsp3) is 0.167. The Labute approximate surface area is 115 Å². The molecule has 0 saturated carbocycles. The number of carboxylic acid groups (broad SMARTS) is 1. The summed E-state index contributed by atoms with van der Waals surface area (Å²) in [5.41, 5.74) is 0.682. The highest BCUT2D eigenvalue weighted by Crippen LogP contribution is 2.18. The molecular formula is C12H12N2O5S. The van der Waals surface area contributed by atoms with Crippen LogP contribution in [0.5, 0.6) is 0 Å². The van der Waals surface area contributed by atoms with Gasteiger partial charge < -0.3 is 9.52 Å². The maximum atomic E-state index is 12.0. The molecule has 0 saturated heterocycles. The summed E-state index contributed by atoms with van der Waals surface area (Å²) in [6.07, 6.45) is 3.12. The lowest BCUT2D eigenvalue weighted by atomic mass is 10.2. The molecule has 2 aromatic rings. The second kappa shape index (κ2) is 5.43. The molecule has 8 heteroatoms. The first-order valence-corrected chi connectivity index (χ1v) is 7.14. The van der Waals surface area contributed by atoms with E-state index in [9.17, 15) is 13.2 Å². The number of hydrogen-bond acceptors (Lipinski definition) is 5. The van der Waals surface area contributed by atoms with Crippen molar-refractivity contribution < 1.29 is 22.7 Å². The Hall–Kier alpha value is -2.19. The third-order valence-corrected chi connectivity index (χ3v) is 3.99. The average molecular weight is 296 g/mol. The van der Waals surface area contributed by atoms with Crippen LogP contribution >= 0.6 is 0 Å². The lowest BCUT2D eigenvalue weighted by Gasteiger charge is -2.12. The van der Waals surface area contributed by atoms with Gasteiger partial charge in [0.25, 0.3) is 10.0 Å².